The smallest absolute Gasteiger partial charge is 0.275 e. The number of aliphatic hydroxyl groups excluding tert-OH is 1. The van der Waals surface area contributed by atoms with Crippen molar-refractivity contribution in [2.24, 2.45) is 0 Å². The van der Waals surface area contributed by atoms with Gasteiger partial charge in [0.2, 0.25) is 5.88 Å². The molecule has 3 saturated carbocycles. The number of carbonyl (C=O) groups excluding carboxylic acids is 2. The highest BCUT2D eigenvalue weighted by molar-refractivity contribution is 6.30. The Bertz CT molecular complexity index is 1060. The Morgan fingerprint density at radius 2 is 1.94 bits per heavy atom. The molecule has 1 aromatic carbocycles. The Hall–Kier alpha value is -2.98. The van der Waals surface area contributed by atoms with Gasteiger partial charge in [-0.05, 0) is 44.2 Å². The first-order valence-corrected chi connectivity index (χ1v) is 10.9. The normalized spacial score (nSPS) is 25.9. The van der Waals surface area contributed by atoms with Crippen LogP contribution < -0.4 is 20.1 Å². The fourth-order valence-electron chi connectivity index (χ4n) is 4.62. The number of hydrogen-bond donors (Lipinski definition) is 3. The molecule has 176 valence electrons. The molecule has 3 aliphatic rings. The molecule has 1 aromatic heterocycles. The van der Waals surface area contributed by atoms with Crippen LogP contribution in [0.3, 0.4) is 0 Å². The lowest BCUT2D eigenvalue weighted by Crippen LogP contribution is -2.70. The predicted octanol–water partition coefficient (Wildman–Crippen LogP) is 2.02. The minimum absolute atomic E-state index is 0.0356. The van der Waals surface area contributed by atoms with E-state index in [9.17, 15) is 19.1 Å². The van der Waals surface area contributed by atoms with Crippen LogP contribution in [0.25, 0.3) is 0 Å². The molecular formula is C22H24ClFN4O5. The number of rotatable bonds is 7. The summed E-state index contributed by atoms with van der Waals surface area (Å²) in [7, 11) is 1.41. The second kappa shape index (κ2) is 9.11. The third kappa shape index (κ3) is 4.72. The lowest BCUT2D eigenvalue weighted by molar-refractivity contribution is -0.132. The minimum atomic E-state index is -0.860. The van der Waals surface area contributed by atoms with Crippen LogP contribution >= 0.6 is 11.6 Å². The summed E-state index contributed by atoms with van der Waals surface area (Å²) in [4.78, 5) is 33.4. The molecule has 9 nitrogen and oxygen atoms in total. The number of halogens is 2. The summed E-state index contributed by atoms with van der Waals surface area (Å²) < 4.78 is 24.0. The van der Waals surface area contributed by atoms with Gasteiger partial charge >= 0.3 is 0 Å². The van der Waals surface area contributed by atoms with Crippen LogP contribution in [0.5, 0.6) is 11.6 Å². The van der Waals surface area contributed by atoms with Crippen molar-refractivity contribution in [3.8, 4) is 11.6 Å². The van der Waals surface area contributed by atoms with Gasteiger partial charge in [-0.25, -0.2) is 14.4 Å². The van der Waals surface area contributed by atoms with Crippen molar-refractivity contribution >= 4 is 23.4 Å². The van der Waals surface area contributed by atoms with E-state index < -0.39 is 34.8 Å². The molecule has 33 heavy (non-hydrogen) atoms. The molecule has 2 aromatic rings. The van der Waals surface area contributed by atoms with E-state index in [0.717, 1.165) is 6.07 Å². The van der Waals surface area contributed by atoms with Gasteiger partial charge in [0.1, 0.15) is 11.6 Å². The highest BCUT2D eigenvalue weighted by Gasteiger charge is 2.55. The molecule has 0 spiro atoms. The maximum absolute atomic E-state index is 13.5. The van der Waals surface area contributed by atoms with E-state index in [1.165, 1.54) is 31.6 Å². The third-order valence-electron chi connectivity index (χ3n) is 6.42. The van der Waals surface area contributed by atoms with Crippen LogP contribution in [0.1, 0.15) is 42.6 Å². The fraction of sp³-hybridized carbons (Fsp3) is 0.455. The van der Waals surface area contributed by atoms with Gasteiger partial charge in [-0.15, -0.1) is 0 Å². The fourth-order valence-corrected chi connectivity index (χ4v) is 4.74. The molecule has 2 amide bonds. The average molecular weight is 479 g/mol. The molecule has 0 unspecified atom stereocenters. The zero-order valence-electron chi connectivity index (χ0n) is 17.9. The molecule has 3 aliphatic carbocycles. The van der Waals surface area contributed by atoms with Crippen LogP contribution in [-0.2, 0) is 4.79 Å². The molecule has 5 rings (SSSR count). The molecule has 0 radical (unpaired) electrons. The summed E-state index contributed by atoms with van der Waals surface area (Å²) in [6, 6.07) is 3.92. The summed E-state index contributed by atoms with van der Waals surface area (Å²) in [6.07, 6.45) is 4.37. The van der Waals surface area contributed by atoms with Crippen molar-refractivity contribution in [3.63, 3.8) is 0 Å². The number of fused-ring (bicyclic) bond motifs is 3. The summed E-state index contributed by atoms with van der Waals surface area (Å²) in [5.74, 6) is -1.18. The minimum Gasteiger partial charge on any atom is -0.484 e. The second-order valence-electron chi connectivity index (χ2n) is 8.44. The predicted molar refractivity (Wildman–Crippen MR) is 116 cm³/mol. The first-order valence-electron chi connectivity index (χ1n) is 10.5. The van der Waals surface area contributed by atoms with Crippen molar-refractivity contribution in [1.29, 1.82) is 0 Å². The van der Waals surface area contributed by atoms with Gasteiger partial charge in [0.15, 0.2) is 12.3 Å². The molecule has 1 heterocycles. The van der Waals surface area contributed by atoms with Crippen molar-refractivity contribution in [2.75, 3.05) is 13.7 Å². The summed E-state index contributed by atoms with van der Waals surface area (Å²) >= 11 is 5.65. The highest BCUT2D eigenvalue weighted by Crippen LogP contribution is 2.47. The van der Waals surface area contributed by atoms with E-state index in [4.69, 9.17) is 21.1 Å². The topological polar surface area (TPSA) is 123 Å². The monoisotopic (exact) mass is 478 g/mol. The Balaban J connectivity index is 1.36. The van der Waals surface area contributed by atoms with Gasteiger partial charge in [-0.2, -0.15) is 0 Å². The van der Waals surface area contributed by atoms with E-state index in [1.54, 1.807) is 0 Å². The van der Waals surface area contributed by atoms with E-state index in [1.807, 2.05) is 0 Å². The van der Waals surface area contributed by atoms with Gasteiger partial charge in [0.25, 0.3) is 11.8 Å². The number of amides is 2. The van der Waals surface area contributed by atoms with E-state index in [0.29, 0.717) is 25.7 Å². The zero-order valence-corrected chi connectivity index (χ0v) is 18.7. The second-order valence-corrected chi connectivity index (χ2v) is 8.84. The molecule has 11 heteroatoms. The molecule has 3 fully saturated rings. The van der Waals surface area contributed by atoms with Crippen LogP contribution in [0.2, 0.25) is 5.02 Å². The number of carbonyl (C=O) groups is 2. The summed E-state index contributed by atoms with van der Waals surface area (Å²) in [5, 5.41) is 16.7. The molecular weight excluding hydrogens is 455 g/mol. The number of nitrogens with zero attached hydrogens (tertiary/aromatic N) is 2. The highest BCUT2D eigenvalue weighted by atomic mass is 35.5. The van der Waals surface area contributed by atoms with Gasteiger partial charge in [-0.3, -0.25) is 9.59 Å². The number of methoxy groups -OCH3 is 1. The van der Waals surface area contributed by atoms with E-state index in [-0.39, 0.29) is 35.4 Å². The maximum Gasteiger partial charge on any atom is 0.275 e. The Labute approximate surface area is 194 Å². The van der Waals surface area contributed by atoms with E-state index in [2.05, 4.69) is 20.6 Å². The zero-order chi connectivity index (χ0) is 23.6. The molecule has 0 aliphatic heterocycles. The Morgan fingerprint density at radius 3 is 2.61 bits per heavy atom. The van der Waals surface area contributed by atoms with Crippen molar-refractivity contribution in [3.05, 3.63) is 47.1 Å². The lowest BCUT2D eigenvalue weighted by atomic mass is 9.60. The Morgan fingerprint density at radius 1 is 1.21 bits per heavy atom. The number of benzene rings is 1. The summed E-state index contributed by atoms with van der Waals surface area (Å²) in [6.45, 7) is -0.329. The van der Waals surface area contributed by atoms with Crippen LogP contribution in [0.4, 0.5) is 4.39 Å². The van der Waals surface area contributed by atoms with Crippen LogP contribution in [0, 0.1) is 5.82 Å². The standard InChI is InChI=1S/C22H24ClFN4O5/c1-32-20-18(25-8-9-26-20)19(31)28-21-4-6-22(7-5-21,16(29)11-21)27-17(30)12-33-13-2-3-14(23)15(24)10-13/h2-3,8-10,16,29H,4-7,11-12H2,1H3,(H,27,30)(H,28,31)/t16-,21?,22?/m0/s1. The number of ether oxygens (including phenoxy) is 2. The van der Waals surface area contributed by atoms with Gasteiger partial charge in [0, 0.05) is 24.0 Å². The quantitative estimate of drug-likeness (QED) is 0.556. The van der Waals surface area contributed by atoms with E-state index >= 15 is 0 Å². The molecule has 0 saturated heterocycles. The number of hydrogen-bond acceptors (Lipinski definition) is 7. The van der Waals surface area contributed by atoms with Crippen LogP contribution in [-0.4, -0.2) is 57.8 Å². The first kappa shape index (κ1) is 23.2. The number of aromatic nitrogens is 2. The first-order chi connectivity index (χ1) is 15.8. The van der Waals surface area contributed by atoms with Crippen LogP contribution in [0.15, 0.2) is 30.6 Å². The average Bonchev–Trinajstić information content (AvgIpc) is 2.81. The summed E-state index contributed by atoms with van der Waals surface area (Å²) in [5.41, 5.74) is -1.33. The van der Waals surface area contributed by atoms with Crippen molar-refractivity contribution < 1.29 is 28.6 Å². The van der Waals surface area contributed by atoms with Crippen molar-refractivity contribution in [1.82, 2.24) is 20.6 Å². The lowest BCUT2D eigenvalue weighted by Gasteiger charge is -2.56. The number of aliphatic hydroxyl groups is 1. The Kier molecular flexibility index (Phi) is 6.40. The number of nitrogens with one attached hydrogen (secondary N) is 2. The van der Waals surface area contributed by atoms with Gasteiger partial charge in [0.05, 0.1) is 23.8 Å². The SMILES string of the molecule is COc1nccnc1C(=O)NC12CCC(NC(=O)COc3ccc(Cl)c(F)c3)(CC1)[C@@H](O)C2. The van der Waals surface area contributed by atoms with Gasteiger partial charge < -0.3 is 25.2 Å². The maximum atomic E-state index is 13.5. The van der Waals surface area contributed by atoms with Crippen molar-refractivity contribution in [2.45, 2.75) is 49.3 Å². The molecule has 2 bridgehead atoms. The molecule has 3 N–H and O–H groups in total. The van der Waals surface area contributed by atoms with Gasteiger partial charge in [-0.1, -0.05) is 11.6 Å². The molecule has 1 atom stereocenters. The third-order valence-corrected chi connectivity index (χ3v) is 6.73. The largest absolute Gasteiger partial charge is 0.484 e.